The Morgan fingerprint density at radius 3 is 1.12 bits per heavy atom. The van der Waals surface area contributed by atoms with Crippen LogP contribution in [0.2, 0.25) is 0 Å². The third kappa shape index (κ3) is 4.10. The topological polar surface area (TPSA) is 0 Å². The van der Waals surface area contributed by atoms with Crippen LogP contribution >= 0.6 is 0 Å². The molecule has 0 unspecified atom stereocenters. The first-order valence-corrected chi connectivity index (χ1v) is 16.7. The minimum absolute atomic E-state index is 1.23. The summed E-state index contributed by atoms with van der Waals surface area (Å²) in [6.07, 6.45) is 0. The van der Waals surface area contributed by atoms with Gasteiger partial charge < -0.3 is 0 Å². The van der Waals surface area contributed by atoms with Gasteiger partial charge >= 0.3 is 0 Å². The average Bonchev–Trinajstić information content (AvgIpc) is 3.17. The fourth-order valence-electron chi connectivity index (χ4n) is 8.00. The molecular formula is C48H30. The van der Waals surface area contributed by atoms with Crippen LogP contribution in [0.4, 0.5) is 0 Å². The van der Waals surface area contributed by atoms with E-state index in [1.54, 1.807) is 0 Å². The molecule has 0 amide bonds. The normalized spacial score (nSPS) is 11.8. The van der Waals surface area contributed by atoms with Gasteiger partial charge in [0.1, 0.15) is 0 Å². The van der Waals surface area contributed by atoms with Crippen LogP contribution in [-0.2, 0) is 0 Å². The Kier molecular flexibility index (Phi) is 5.98. The highest BCUT2D eigenvalue weighted by atomic mass is 14.2. The Bertz CT molecular complexity index is 2880. The van der Waals surface area contributed by atoms with Crippen LogP contribution in [0.5, 0.6) is 0 Å². The van der Waals surface area contributed by atoms with E-state index in [-0.39, 0.29) is 0 Å². The van der Waals surface area contributed by atoms with Crippen LogP contribution in [0, 0.1) is 0 Å². The Balaban J connectivity index is 1.25. The molecule has 0 nitrogen and oxygen atoms in total. The third-order valence-corrected chi connectivity index (χ3v) is 10.2. The highest BCUT2D eigenvalue weighted by Crippen LogP contribution is 2.43. The maximum absolute atomic E-state index is 2.43. The first-order valence-electron chi connectivity index (χ1n) is 16.7. The van der Waals surface area contributed by atoms with Gasteiger partial charge in [-0.05, 0) is 122 Å². The van der Waals surface area contributed by atoms with Gasteiger partial charge in [0, 0.05) is 0 Å². The molecule has 0 saturated carbocycles. The second-order valence-corrected chi connectivity index (χ2v) is 12.8. The van der Waals surface area contributed by atoms with Gasteiger partial charge in [-0.15, -0.1) is 0 Å². The van der Waals surface area contributed by atoms with Gasteiger partial charge in [0.25, 0.3) is 0 Å². The highest BCUT2D eigenvalue weighted by Gasteiger charge is 2.16. The molecule has 0 saturated heterocycles. The molecule has 0 bridgehead atoms. The van der Waals surface area contributed by atoms with Gasteiger partial charge in [0.2, 0.25) is 0 Å². The molecule has 0 aromatic heterocycles. The lowest BCUT2D eigenvalue weighted by Gasteiger charge is -2.17. The molecule has 0 radical (unpaired) electrons. The van der Waals surface area contributed by atoms with Crippen molar-refractivity contribution in [2.24, 2.45) is 0 Å². The lowest BCUT2D eigenvalue weighted by atomic mass is 9.86. The molecule has 222 valence electrons. The second-order valence-electron chi connectivity index (χ2n) is 12.8. The largest absolute Gasteiger partial charge is 0.0622 e. The summed E-state index contributed by atoms with van der Waals surface area (Å²) in [6, 6.07) is 67.1. The second kappa shape index (κ2) is 10.7. The van der Waals surface area contributed by atoms with Crippen LogP contribution in [0.25, 0.3) is 98.0 Å². The number of benzene rings is 10. The molecule has 48 heavy (non-hydrogen) atoms. The van der Waals surface area contributed by atoms with E-state index in [1.807, 2.05) is 0 Å². The Morgan fingerprint density at radius 1 is 0.188 bits per heavy atom. The number of hydrogen-bond acceptors (Lipinski definition) is 0. The summed E-state index contributed by atoms with van der Waals surface area (Å²) in [7, 11) is 0. The van der Waals surface area contributed by atoms with Gasteiger partial charge in [0.05, 0.1) is 0 Å². The molecule has 10 aromatic rings. The molecule has 0 N–H and O–H groups in total. The van der Waals surface area contributed by atoms with Crippen LogP contribution < -0.4 is 0 Å². The minimum atomic E-state index is 1.23. The predicted molar refractivity (Wildman–Crippen MR) is 208 cm³/mol. The van der Waals surface area contributed by atoms with Gasteiger partial charge in [-0.1, -0.05) is 158 Å². The van der Waals surface area contributed by atoms with Crippen molar-refractivity contribution in [1.29, 1.82) is 0 Å². The first kappa shape index (κ1) is 26.9. The zero-order valence-electron chi connectivity index (χ0n) is 26.3. The molecule has 0 spiro atoms. The number of hydrogen-bond donors (Lipinski definition) is 0. The summed E-state index contributed by atoms with van der Waals surface area (Å²) in [5.74, 6) is 0. The molecular weight excluding hydrogens is 577 g/mol. The van der Waals surface area contributed by atoms with E-state index in [2.05, 4.69) is 182 Å². The van der Waals surface area contributed by atoms with Crippen molar-refractivity contribution < 1.29 is 0 Å². The summed E-state index contributed by atoms with van der Waals surface area (Å²) in [5.41, 5.74) is 7.49. The van der Waals surface area contributed by atoms with Crippen molar-refractivity contribution >= 4 is 64.6 Å². The lowest BCUT2D eigenvalue weighted by Crippen LogP contribution is -1.90. The molecule has 0 fully saturated rings. The molecule has 10 rings (SSSR count). The maximum Gasteiger partial charge on any atom is -0.00923 e. The summed E-state index contributed by atoms with van der Waals surface area (Å²) >= 11 is 0. The van der Waals surface area contributed by atoms with E-state index in [9.17, 15) is 0 Å². The molecule has 0 aliphatic carbocycles. The molecule has 0 heterocycles. The monoisotopic (exact) mass is 606 g/mol. The fraction of sp³-hybridized carbons (Fsp3) is 0. The van der Waals surface area contributed by atoms with Crippen molar-refractivity contribution in [3.63, 3.8) is 0 Å². The van der Waals surface area contributed by atoms with E-state index in [4.69, 9.17) is 0 Å². The SMILES string of the molecule is c1ccc(-c2cc3c4ccccc4c(-c4cccc(-c5cc6c7ccccc7ccc6c6ccccc56)c4)cc3c3ccccc23)cc1. The van der Waals surface area contributed by atoms with Crippen LogP contribution in [-0.4, -0.2) is 0 Å². The van der Waals surface area contributed by atoms with Crippen molar-refractivity contribution in [2.75, 3.05) is 0 Å². The van der Waals surface area contributed by atoms with E-state index >= 15 is 0 Å². The maximum atomic E-state index is 2.43. The lowest BCUT2D eigenvalue weighted by molar-refractivity contribution is 1.64. The van der Waals surface area contributed by atoms with E-state index in [1.165, 1.54) is 98.0 Å². The first-order chi connectivity index (χ1) is 23.8. The zero-order valence-corrected chi connectivity index (χ0v) is 26.3. The highest BCUT2D eigenvalue weighted by molar-refractivity contribution is 6.24. The molecule has 0 heteroatoms. The van der Waals surface area contributed by atoms with Gasteiger partial charge in [-0.3, -0.25) is 0 Å². The fourth-order valence-corrected chi connectivity index (χ4v) is 8.00. The zero-order chi connectivity index (χ0) is 31.6. The van der Waals surface area contributed by atoms with Crippen LogP contribution in [0.3, 0.4) is 0 Å². The summed E-state index contributed by atoms with van der Waals surface area (Å²) in [6.45, 7) is 0. The minimum Gasteiger partial charge on any atom is -0.0622 e. The molecule has 0 atom stereocenters. The van der Waals surface area contributed by atoms with Crippen molar-refractivity contribution in [1.82, 2.24) is 0 Å². The average molecular weight is 607 g/mol. The van der Waals surface area contributed by atoms with Crippen molar-refractivity contribution in [3.05, 3.63) is 182 Å². The smallest absolute Gasteiger partial charge is 0.00923 e. The van der Waals surface area contributed by atoms with E-state index < -0.39 is 0 Å². The number of fused-ring (bicyclic) bond motifs is 10. The van der Waals surface area contributed by atoms with Gasteiger partial charge in [-0.25, -0.2) is 0 Å². The van der Waals surface area contributed by atoms with Crippen LogP contribution in [0.15, 0.2) is 182 Å². The Hall–Kier alpha value is -6.24. The quantitative estimate of drug-likeness (QED) is 0.176. The van der Waals surface area contributed by atoms with Crippen LogP contribution in [0.1, 0.15) is 0 Å². The summed E-state index contributed by atoms with van der Waals surface area (Å²) < 4.78 is 0. The summed E-state index contributed by atoms with van der Waals surface area (Å²) in [4.78, 5) is 0. The van der Waals surface area contributed by atoms with Gasteiger partial charge in [0.15, 0.2) is 0 Å². The molecule has 0 aliphatic rings. The molecule has 0 aliphatic heterocycles. The molecule has 10 aromatic carbocycles. The van der Waals surface area contributed by atoms with E-state index in [0.29, 0.717) is 0 Å². The third-order valence-electron chi connectivity index (χ3n) is 10.2. The summed E-state index contributed by atoms with van der Waals surface area (Å²) in [5, 5.41) is 15.4. The van der Waals surface area contributed by atoms with Crippen molar-refractivity contribution in [2.45, 2.75) is 0 Å². The van der Waals surface area contributed by atoms with Gasteiger partial charge in [-0.2, -0.15) is 0 Å². The Morgan fingerprint density at radius 2 is 0.562 bits per heavy atom. The van der Waals surface area contributed by atoms with Crippen molar-refractivity contribution in [3.8, 4) is 33.4 Å². The number of rotatable bonds is 3. The Labute approximate surface area is 279 Å². The standard InChI is InChI=1S/C48H30/c1-2-13-31(14-3-1)43-28-47-41-24-11-9-22-39(41)45(30-48(47)40-23-10-8-21-38(40)43)34-17-12-16-33(27-34)44-29-46-35-18-5-4-15-32(35)25-26-42(46)36-19-6-7-20-37(36)44/h1-30H. The predicted octanol–water partition coefficient (Wildman–Crippen LogP) is 13.6. The van der Waals surface area contributed by atoms with E-state index in [0.717, 1.165) is 0 Å².